The summed E-state index contributed by atoms with van der Waals surface area (Å²) >= 11 is 2.17. The lowest BCUT2D eigenvalue weighted by molar-refractivity contribution is -0.138. The number of fused-ring (bicyclic) bond motifs is 1. The van der Waals surface area contributed by atoms with Crippen LogP contribution in [0.5, 0.6) is 5.88 Å². The third kappa shape index (κ3) is 7.06. The van der Waals surface area contributed by atoms with Gasteiger partial charge in [-0.1, -0.05) is 12.0 Å². The number of nitrogens with zero attached hydrogens (tertiary/aromatic N) is 6. The van der Waals surface area contributed by atoms with Crippen LogP contribution in [0.15, 0.2) is 30.4 Å². The molecule has 0 radical (unpaired) electrons. The van der Waals surface area contributed by atoms with E-state index in [2.05, 4.69) is 51.0 Å². The van der Waals surface area contributed by atoms with Crippen molar-refractivity contribution in [3.05, 3.63) is 51.0 Å². The second-order valence-electron chi connectivity index (χ2n) is 13.2. The standard InChI is InChI=1S/C33H42BIN6O7/c1-21-30(35)27(40(37-21)19-29(42)43)20-44-15-16-46-31-24(18-36-39(31)6)22-10-11-26-23(17-22)25(38-41(26)28-9-7-8-14-45-28)12-13-34-47-32(2,3)33(4,5)48-34/h10-13,17-18,28H,7-9,14-16,19-20H2,1-6H3,(H,42,43)/b13-12+. The van der Waals surface area contributed by atoms with E-state index in [-0.39, 0.29) is 26.0 Å². The molecule has 1 N–H and O–H groups in total. The summed E-state index contributed by atoms with van der Waals surface area (Å²) in [5, 5.41) is 24.0. The number of carbonyl (C=O) groups is 1. The number of rotatable bonds is 12. The Balaban J connectivity index is 1.21. The highest BCUT2D eigenvalue weighted by atomic mass is 127. The first kappa shape index (κ1) is 34.6. The largest absolute Gasteiger partial charge is 0.487 e. The summed E-state index contributed by atoms with van der Waals surface area (Å²) in [7, 11) is 1.35. The number of carboxylic acid groups (broad SMARTS) is 1. The molecule has 3 aromatic heterocycles. The summed E-state index contributed by atoms with van der Waals surface area (Å²) in [4.78, 5) is 11.3. The monoisotopic (exact) mass is 772 g/mol. The van der Waals surface area contributed by atoms with Gasteiger partial charge in [-0.15, -0.1) is 0 Å². The van der Waals surface area contributed by atoms with E-state index in [4.69, 9.17) is 28.6 Å². The average molecular weight is 772 g/mol. The zero-order valence-electron chi connectivity index (χ0n) is 28.2. The van der Waals surface area contributed by atoms with Gasteiger partial charge in [-0.25, -0.2) is 9.36 Å². The van der Waals surface area contributed by atoms with Crippen LogP contribution in [0.4, 0.5) is 0 Å². The number of hydrogen-bond donors (Lipinski definition) is 1. The number of benzene rings is 1. The van der Waals surface area contributed by atoms with Crippen molar-refractivity contribution in [2.75, 3.05) is 19.8 Å². The summed E-state index contributed by atoms with van der Waals surface area (Å²) in [5.41, 5.74) is 4.17. The molecule has 256 valence electrons. The van der Waals surface area contributed by atoms with E-state index in [9.17, 15) is 9.90 Å². The number of halogens is 1. The molecule has 0 bridgehead atoms. The molecule has 13 nitrogen and oxygen atoms in total. The van der Waals surface area contributed by atoms with Gasteiger partial charge in [0.15, 0.2) is 6.23 Å². The third-order valence-electron chi connectivity index (χ3n) is 9.18. The topological polar surface area (TPSA) is 137 Å². The Morgan fingerprint density at radius 2 is 1.94 bits per heavy atom. The summed E-state index contributed by atoms with van der Waals surface area (Å²) in [5.74, 6) is 1.58. The van der Waals surface area contributed by atoms with Crippen molar-refractivity contribution < 1.29 is 33.4 Å². The van der Waals surface area contributed by atoms with Crippen LogP contribution in [0.1, 0.15) is 70.3 Å². The van der Waals surface area contributed by atoms with Crippen molar-refractivity contribution in [3.63, 3.8) is 0 Å². The Morgan fingerprint density at radius 1 is 1.17 bits per heavy atom. The molecule has 6 rings (SSSR count). The van der Waals surface area contributed by atoms with Crippen LogP contribution in [0.25, 0.3) is 28.1 Å². The van der Waals surface area contributed by atoms with Crippen LogP contribution >= 0.6 is 22.6 Å². The Hall–Kier alpha value is -3.25. The van der Waals surface area contributed by atoms with Gasteiger partial charge in [-0.2, -0.15) is 15.3 Å². The van der Waals surface area contributed by atoms with Crippen LogP contribution in [0, 0.1) is 10.5 Å². The van der Waals surface area contributed by atoms with Crippen molar-refractivity contribution in [1.29, 1.82) is 0 Å². The molecule has 0 spiro atoms. The SMILES string of the molecule is Cc1nn(CC(=O)O)c(COCCOc2c(-c3ccc4c(c3)c(/C=C/B3OC(C)(C)C(C)(C)O3)nn4C3CCCCO3)cnn2C)c1I. The first-order valence-corrected chi connectivity index (χ1v) is 17.3. The van der Waals surface area contributed by atoms with Gasteiger partial charge in [0.05, 0.1) is 62.3 Å². The van der Waals surface area contributed by atoms with Crippen LogP contribution in [-0.2, 0) is 43.8 Å². The Labute approximate surface area is 293 Å². The van der Waals surface area contributed by atoms with Crippen LogP contribution in [0.3, 0.4) is 0 Å². The highest BCUT2D eigenvalue weighted by molar-refractivity contribution is 14.1. The summed E-state index contributed by atoms with van der Waals surface area (Å²) < 4.78 is 36.7. The van der Waals surface area contributed by atoms with Gasteiger partial charge in [0.25, 0.3) is 0 Å². The quantitative estimate of drug-likeness (QED) is 0.111. The van der Waals surface area contributed by atoms with E-state index in [1.807, 2.05) is 58.4 Å². The lowest BCUT2D eigenvalue weighted by atomic mass is 9.89. The van der Waals surface area contributed by atoms with Crippen LogP contribution in [0.2, 0.25) is 0 Å². The zero-order valence-corrected chi connectivity index (χ0v) is 30.4. The second-order valence-corrected chi connectivity index (χ2v) is 14.2. The number of carboxylic acids is 1. The fourth-order valence-electron chi connectivity index (χ4n) is 5.89. The van der Waals surface area contributed by atoms with Crippen molar-refractivity contribution in [3.8, 4) is 17.0 Å². The van der Waals surface area contributed by atoms with Gasteiger partial charge in [-0.3, -0.25) is 9.48 Å². The molecule has 1 unspecified atom stereocenters. The maximum atomic E-state index is 11.3. The summed E-state index contributed by atoms with van der Waals surface area (Å²) in [6, 6.07) is 6.24. The first-order chi connectivity index (χ1) is 22.8. The molecule has 0 amide bonds. The smallest absolute Gasteiger partial charge is 0.480 e. The fourth-order valence-corrected chi connectivity index (χ4v) is 6.44. The minimum atomic E-state index is -0.955. The van der Waals surface area contributed by atoms with Crippen molar-refractivity contribution in [2.24, 2.45) is 7.05 Å². The molecular formula is C33H42BIN6O7. The molecule has 2 fully saturated rings. The maximum absolute atomic E-state index is 11.3. The minimum absolute atomic E-state index is 0.127. The van der Waals surface area contributed by atoms with Crippen LogP contribution in [-0.4, -0.2) is 78.6 Å². The molecule has 2 aliphatic rings. The Morgan fingerprint density at radius 3 is 2.65 bits per heavy atom. The number of aryl methyl sites for hydroxylation is 2. The van der Waals surface area contributed by atoms with E-state index in [1.165, 1.54) is 4.68 Å². The number of aromatic nitrogens is 6. The highest BCUT2D eigenvalue weighted by Gasteiger charge is 2.50. The van der Waals surface area contributed by atoms with Gasteiger partial charge >= 0.3 is 13.1 Å². The normalized spacial score (nSPS) is 19.1. The van der Waals surface area contributed by atoms with E-state index in [1.54, 1.807) is 10.9 Å². The number of aliphatic carboxylic acids is 1. The maximum Gasteiger partial charge on any atom is 0.487 e. The van der Waals surface area contributed by atoms with E-state index >= 15 is 0 Å². The second kappa shape index (κ2) is 13.9. The molecule has 1 aromatic carbocycles. The van der Waals surface area contributed by atoms with Crippen molar-refractivity contribution >= 4 is 52.7 Å². The van der Waals surface area contributed by atoms with Gasteiger partial charge in [0.1, 0.15) is 13.2 Å². The zero-order chi connectivity index (χ0) is 34.2. The van der Waals surface area contributed by atoms with Gasteiger partial charge in [0.2, 0.25) is 5.88 Å². The third-order valence-corrected chi connectivity index (χ3v) is 10.6. The van der Waals surface area contributed by atoms with Crippen molar-refractivity contribution in [2.45, 2.75) is 84.5 Å². The first-order valence-electron chi connectivity index (χ1n) is 16.2. The molecule has 5 heterocycles. The Kier molecular flexibility index (Phi) is 10.0. The predicted octanol–water partition coefficient (Wildman–Crippen LogP) is 5.57. The highest BCUT2D eigenvalue weighted by Crippen LogP contribution is 2.38. The van der Waals surface area contributed by atoms with E-state index in [0.717, 1.165) is 61.9 Å². The summed E-state index contributed by atoms with van der Waals surface area (Å²) in [6.45, 7) is 11.3. The van der Waals surface area contributed by atoms with Crippen molar-refractivity contribution in [1.82, 2.24) is 29.3 Å². The molecule has 0 saturated carbocycles. The van der Waals surface area contributed by atoms with Gasteiger partial charge in [0, 0.05) is 19.0 Å². The minimum Gasteiger partial charge on any atom is -0.480 e. The van der Waals surface area contributed by atoms with E-state index < -0.39 is 24.3 Å². The molecule has 1 atom stereocenters. The van der Waals surface area contributed by atoms with E-state index in [0.29, 0.717) is 19.1 Å². The molecule has 0 aliphatic carbocycles. The van der Waals surface area contributed by atoms with Crippen LogP contribution < -0.4 is 4.74 Å². The van der Waals surface area contributed by atoms with Gasteiger partial charge < -0.3 is 28.6 Å². The molecular weight excluding hydrogens is 730 g/mol. The molecule has 15 heteroatoms. The lowest BCUT2D eigenvalue weighted by Gasteiger charge is -2.32. The number of ether oxygens (including phenoxy) is 3. The number of hydrogen-bond acceptors (Lipinski definition) is 9. The van der Waals surface area contributed by atoms with Gasteiger partial charge in [-0.05, 0) is 100 Å². The summed E-state index contributed by atoms with van der Waals surface area (Å²) in [6.07, 6.45) is 6.69. The molecule has 2 aliphatic heterocycles. The predicted molar refractivity (Wildman–Crippen MR) is 188 cm³/mol. The molecule has 2 saturated heterocycles. The fraction of sp³-hybridized carbons (Fsp3) is 0.515. The average Bonchev–Trinajstić information content (AvgIpc) is 3.72. The molecule has 4 aromatic rings. The molecule has 48 heavy (non-hydrogen) atoms. The lowest BCUT2D eigenvalue weighted by Crippen LogP contribution is -2.41. The Bertz CT molecular complexity index is 1810.